The van der Waals surface area contributed by atoms with Crippen molar-refractivity contribution in [3.05, 3.63) is 0 Å². The van der Waals surface area contributed by atoms with Crippen molar-refractivity contribution in [3.63, 3.8) is 0 Å². The van der Waals surface area contributed by atoms with Crippen LogP contribution in [0, 0.1) is 0 Å². The van der Waals surface area contributed by atoms with E-state index in [9.17, 15) is 0 Å². The van der Waals surface area contributed by atoms with Gasteiger partial charge in [0, 0.05) is 0 Å². The first kappa shape index (κ1) is 10.5. The van der Waals surface area contributed by atoms with E-state index >= 15 is 0 Å². The van der Waals surface area contributed by atoms with E-state index in [1.54, 1.807) is 0 Å². The zero-order chi connectivity index (χ0) is 4.83. The van der Waals surface area contributed by atoms with Crippen molar-refractivity contribution in [2.75, 3.05) is 0 Å². The van der Waals surface area contributed by atoms with Gasteiger partial charge in [-0.15, -0.1) is 0 Å². The molecular formula is C6H18Ge. The average Bonchev–Trinajstić information content (AvgIpc) is 1.61. The van der Waals surface area contributed by atoms with Crippen molar-refractivity contribution in [3.8, 4) is 0 Å². The Hall–Kier alpha value is 0.543. The van der Waals surface area contributed by atoms with E-state index in [2.05, 4.69) is 13.8 Å². The summed E-state index contributed by atoms with van der Waals surface area (Å²) in [6, 6.07) is 0. The van der Waals surface area contributed by atoms with Gasteiger partial charge in [-0.05, 0) is 0 Å². The summed E-state index contributed by atoms with van der Waals surface area (Å²) in [5.74, 6) is 0. The molecule has 0 N–H and O–H groups in total. The van der Waals surface area contributed by atoms with Crippen molar-refractivity contribution in [1.82, 2.24) is 0 Å². The maximum absolute atomic E-state index is 2.23. The van der Waals surface area contributed by atoms with Gasteiger partial charge < -0.3 is 0 Å². The summed E-state index contributed by atoms with van der Waals surface area (Å²) in [6.45, 7) is 4.46. The summed E-state index contributed by atoms with van der Waals surface area (Å²) < 4.78 is 0. The minimum atomic E-state index is 0. The van der Waals surface area contributed by atoms with Gasteiger partial charge in [0.05, 0.1) is 0 Å². The SMILES string of the molecule is CCCCCC.[GeH4]. The van der Waals surface area contributed by atoms with Gasteiger partial charge in [0.15, 0.2) is 0 Å². The quantitative estimate of drug-likeness (QED) is 0.432. The Morgan fingerprint density at radius 3 is 1.29 bits per heavy atom. The Morgan fingerprint density at radius 2 is 1.14 bits per heavy atom. The van der Waals surface area contributed by atoms with E-state index < -0.39 is 0 Å². The summed E-state index contributed by atoms with van der Waals surface area (Å²) in [7, 11) is 0. The molecule has 0 bridgehead atoms. The second-order valence-electron chi connectivity index (χ2n) is 1.71. The van der Waals surface area contributed by atoms with E-state index in [-0.39, 0.29) is 17.6 Å². The second kappa shape index (κ2) is 9.74. The summed E-state index contributed by atoms with van der Waals surface area (Å²) in [5, 5.41) is 0. The summed E-state index contributed by atoms with van der Waals surface area (Å²) >= 11 is 0. The van der Waals surface area contributed by atoms with Crippen molar-refractivity contribution in [1.29, 1.82) is 0 Å². The molecule has 0 aliphatic carbocycles. The van der Waals surface area contributed by atoms with Crippen molar-refractivity contribution >= 4 is 17.6 Å². The van der Waals surface area contributed by atoms with Crippen LogP contribution in [0.4, 0.5) is 0 Å². The molecule has 46 valence electrons. The van der Waals surface area contributed by atoms with Crippen LogP contribution in [0.1, 0.15) is 39.5 Å². The van der Waals surface area contributed by atoms with Crippen LogP contribution in [0.3, 0.4) is 0 Å². The van der Waals surface area contributed by atoms with E-state index in [4.69, 9.17) is 0 Å². The van der Waals surface area contributed by atoms with Crippen LogP contribution in [0.2, 0.25) is 0 Å². The average molecular weight is 163 g/mol. The van der Waals surface area contributed by atoms with Crippen LogP contribution < -0.4 is 0 Å². The minimum absolute atomic E-state index is 0. The standard InChI is InChI=1S/C6H14.GeH4/c1-3-5-6-4-2;/h3-6H2,1-2H3;1H4. The fourth-order valence-corrected chi connectivity index (χ4v) is 0.500. The Bertz CT molecular complexity index is 16.1. The first-order valence-electron chi connectivity index (χ1n) is 2.91. The Morgan fingerprint density at radius 1 is 0.857 bits per heavy atom. The molecule has 0 aliphatic rings. The van der Waals surface area contributed by atoms with Gasteiger partial charge >= 0.3 is 17.6 Å². The molecule has 0 radical (unpaired) electrons. The third kappa shape index (κ3) is 10.8. The van der Waals surface area contributed by atoms with Crippen LogP contribution in [-0.4, -0.2) is 17.6 Å². The van der Waals surface area contributed by atoms with Gasteiger partial charge in [0.2, 0.25) is 0 Å². The first-order valence-corrected chi connectivity index (χ1v) is 2.91. The van der Waals surface area contributed by atoms with Gasteiger partial charge in [-0.1, -0.05) is 39.5 Å². The molecule has 0 aromatic rings. The van der Waals surface area contributed by atoms with Gasteiger partial charge in [-0.2, -0.15) is 0 Å². The van der Waals surface area contributed by atoms with Gasteiger partial charge in [0.25, 0.3) is 0 Å². The predicted molar refractivity (Wildman–Crippen MR) is 41.2 cm³/mol. The molecule has 0 spiro atoms. The van der Waals surface area contributed by atoms with Crippen LogP contribution in [-0.2, 0) is 0 Å². The van der Waals surface area contributed by atoms with E-state index in [0.717, 1.165) is 0 Å². The molecular weight excluding hydrogens is 145 g/mol. The van der Waals surface area contributed by atoms with Gasteiger partial charge in [0.1, 0.15) is 0 Å². The molecule has 0 saturated heterocycles. The molecule has 0 fully saturated rings. The molecule has 0 nitrogen and oxygen atoms in total. The van der Waals surface area contributed by atoms with Gasteiger partial charge in [-0.3, -0.25) is 0 Å². The first-order chi connectivity index (χ1) is 2.91. The van der Waals surface area contributed by atoms with Crippen LogP contribution in [0.25, 0.3) is 0 Å². The number of hydrogen-bond acceptors (Lipinski definition) is 0. The van der Waals surface area contributed by atoms with E-state index in [1.165, 1.54) is 25.7 Å². The molecule has 0 saturated carbocycles. The van der Waals surface area contributed by atoms with E-state index in [0.29, 0.717) is 0 Å². The molecule has 0 rings (SSSR count). The number of rotatable bonds is 3. The topological polar surface area (TPSA) is 0 Å². The summed E-state index contributed by atoms with van der Waals surface area (Å²) in [5.41, 5.74) is 0. The third-order valence-corrected chi connectivity index (χ3v) is 0.957. The van der Waals surface area contributed by atoms with Crippen molar-refractivity contribution in [2.24, 2.45) is 0 Å². The predicted octanol–water partition coefficient (Wildman–Crippen LogP) is 1.13. The van der Waals surface area contributed by atoms with Gasteiger partial charge in [-0.25, -0.2) is 0 Å². The van der Waals surface area contributed by atoms with Crippen molar-refractivity contribution < 1.29 is 0 Å². The van der Waals surface area contributed by atoms with Crippen LogP contribution >= 0.6 is 0 Å². The molecule has 7 heavy (non-hydrogen) atoms. The zero-order valence-corrected chi connectivity index (χ0v) is 4.83. The van der Waals surface area contributed by atoms with E-state index in [1.807, 2.05) is 0 Å². The van der Waals surface area contributed by atoms with Crippen molar-refractivity contribution in [2.45, 2.75) is 39.5 Å². The number of unbranched alkanes of at least 4 members (excludes halogenated alkanes) is 3. The normalized spacial score (nSPS) is 7.71. The molecule has 0 aromatic carbocycles. The fraction of sp³-hybridized carbons (Fsp3) is 1.00. The Kier molecular flexibility index (Phi) is 14.6. The molecule has 0 aromatic heterocycles. The zero-order valence-electron chi connectivity index (χ0n) is 4.83. The molecule has 0 aliphatic heterocycles. The monoisotopic (exact) mass is 164 g/mol. The summed E-state index contributed by atoms with van der Waals surface area (Å²) in [6.07, 6.45) is 5.54. The third-order valence-electron chi connectivity index (χ3n) is 0.957. The molecule has 0 amide bonds. The maximum atomic E-state index is 2.23. The summed E-state index contributed by atoms with van der Waals surface area (Å²) in [4.78, 5) is 0. The second-order valence-corrected chi connectivity index (χ2v) is 1.71. The van der Waals surface area contributed by atoms with Crippen LogP contribution in [0.15, 0.2) is 0 Å². The number of hydrogen-bond donors (Lipinski definition) is 0. The molecule has 1 heteroatoms. The fourth-order valence-electron chi connectivity index (χ4n) is 0.500. The molecule has 0 unspecified atom stereocenters. The van der Waals surface area contributed by atoms with Crippen LogP contribution in [0.5, 0.6) is 0 Å². The molecule has 0 atom stereocenters. The Labute approximate surface area is 57.7 Å². The molecule has 0 heterocycles. The Balaban J connectivity index is 0.